The Kier molecular flexibility index (Phi) is 5.02. The molecule has 2 aromatic rings. The van der Waals surface area contributed by atoms with E-state index in [1.807, 2.05) is 0 Å². The van der Waals surface area contributed by atoms with Crippen molar-refractivity contribution in [2.45, 2.75) is 12.7 Å². The smallest absolute Gasteiger partial charge is 0.419 e. The highest BCUT2D eigenvalue weighted by Crippen LogP contribution is 2.34. The van der Waals surface area contributed by atoms with Crippen LogP contribution in [0.2, 0.25) is 5.28 Å². The predicted octanol–water partition coefficient (Wildman–Crippen LogP) is 3.09. The lowest BCUT2D eigenvalue weighted by molar-refractivity contribution is -0.138. The summed E-state index contributed by atoms with van der Waals surface area (Å²) >= 11 is 5.64. The molecule has 0 spiro atoms. The third-order valence-corrected chi connectivity index (χ3v) is 2.99. The summed E-state index contributed by atoms with van der Waals surface area (Å²) in [6.45, 7) is -0.327. The third kappa shape index (κ3) is 4.54. The van der Waals surface area contributed by atoms with Crippen LogP contribution >= 0.6 is 11.6 Å². The van der Waals surface area contributed by atoms with Crippen LogP contribution in [0.1, 0.15) is 11.1 Å². The van der Waals surface area contributed by atoms with Crippen LogP contribution < -0.4 is 10.9 Å². The number of carbonyl (C=O) groups is 1. The summed E-state index contributed by atoms with van der Waals surface area (Å²) in [7, 11) is 0. The molecule has 1 aromatic carbocycles. The number of rotatable bonds is 4. The molecule has 2 rings (SSSR count). The first-order valence-corrected chi connectivity index (χ1v) is 6.56. The highest BCUT2D eigenvalue weighted by molar-refractivity contribution is 6.28. The minimum absolute atomic E-state index is 0.0764. The van der Waals surface area contributed by atoms with Gasteiger partial charge in [0.05, 0.1) is 11.3 Å². The normalized spacial score (nSPS) is 11.3. The van der Waals surface area contributed by atoms with Crippen LogP contribution in [-0.4, -0.2) is 21.2 Å². The highest BCUT2D eigenvalue weighted by Gasteiger charge is 2.33. The molecule has 0 radical (unpaired) electrons. The van der Waals surface area contributed by atoms with Gasteiger partial charge in [-0.15, -0.1) is 0 Å². The number of benzene rings is 1. The highest BCUT2D eigenvalue weighted by atomic mass is 35.5. The largest absolute Gasteiger partial charge is 0.464 e. The zero-order valence-corrected chi connectivity index (χ0v) is 12.1. The molecule has 23 heavy (non-hydrogen) atoms. The maximum atomic E-state index is 13.2. The Bertz CT molecular complexity index is 725. The van der Waals surface area contributed by atoms with Gasteiger partial charge in [0.1, 0.15) is 0 Å². The van der Waals surface area contributed by atoms with Crippen LogP contribution in [0.4, 0.5) is 18.0 Å². The SMILES string of the molecule is O=C(O)NNCc1ccc(-c2ccnc(Cl)n2)cc1C(F)(F)F. The maximum absolute atomic E-state index is 13.2. The van der Waals surface area contributed by atoms with E-state index < -0.39 is 17.8 Å². The van der Waals surface area contributed by atoms with Gasteiger partial charge < -0.3 is 5.11 Å². The Morgan fingerprint density at radius 3 is 2.65 bits per heavy atom. The molecule has 0 unspecified atom stereocenters. The van der Waals surface area contributed by atoms with Crippen molar-refractivity contribution in [2.24, 2.45) is 0 Å². The summed E-state index contributed by atoms with van der Waals surface area (Å²) < 4.78 is 39.6. The molecule has 122 valence electrons. The fraction of sp³-hybridized carbons (Fsp3) is 0.154. The summed E-state index contributed by atoms with van der Waals surface area (Å²) in [5.41, 5.74) is 3.43. The minimum atomic E-state index is -4.60. The van der Waals surface area contributed by atoms with Gasteiger partial charge in [-0.3, -0.25) is 5.43 Å². The van der Waals surface area contributed by atoms with Crippen LogP contribution in [-0.2, 0) is 12.7 Å². The number of amides is 1. The van der Waals surface area contributed by atoms with Crippen LogP contribution in [0.15, 0.2) is 30.5 Å². The maximum Gasteiger partial charge on any atom is 0.419 e. The Morgan fingerprint density at radius 2 is 2.04 bits per heavy atom. The van der Waals surface area contributed by atoms with Gasteiger partial charge in [-0.2, -0.15) is 13.2 Å². The van der Waals surface area contributed by atoms with Crippen LogP contribution in [0.3, 0.4) is 0 Å². The van der Waals surface area contributed by atoms with E-state index in [4.69, 9.17) is 16.7 Å². The first-order valence-electron chi connectivity index (χ1n) is 6.18. The fourth-order valence-electron chi connectivity index (χ4n) is 1.86. The summed E-state index contributed by atoms with van der Waals surface area (Å²) in [4.78, 5) is 17.9. The zero-order valence-electron chi connectivity index (χ0n) is 11.4. The van der Waals surface area contributed by atoms with Crippen molar-refractivity contribution in [3.63, 3.8) is 0 Å². The van der Waals surface area contributed by atoms with Crippen LogP contribution in [0.25, 0.3) is 11.3 Å². The zero-order chi connectivity index (χ0) is 17.0. The van der Waals surface area contributed by atoms with E-state index in [1.165, 1.54) is 24.4 Å². The Labute approximate surface area is 133 Å². The second-order valence-electron chi connectivity index (χ2n) is 4.36. The number of aromatic nitrogens is 2. The van der Waals surface area contributed by atoms with Gasteiger partial charge in [-0.05, 0) is 29.3 Å². The summed E-state index contributed by atoms with van der Waals surface area (Å²) in [6.07, 6.45) is -4.66. The predicted molar refractivity (Wildman–Crippen MR) is 75.5 cm³/mol. The topological polar surface area (TPSA) is 87.1 Å². The van der Waals surface area contributed by atoms with Crippen molar-refractivity contribution < 1.29 is 23.1 Å². The van der Waals surface area contributed by atoms with Crippen molar-refractivity contribution in [2.75, 3.05) is 0 Å². The van der Waals surface area contributed by atoms with Crippen molar-refractivity contribution in [1.29, 1.82) is 0 Å². The molecule has 0 saturated carbocycles. The molecular formula is C13H10ClF3N4O2. The lowest BCUT2D eigenvalue weighted by atomic mass is 10.0. The molecule has 0 aliphatic carbocycles. The van der Waals surface area contributed by atoms with E-state index in [0.29, 0.717) is 0 Å². The molecule has 0 atom stereocenters. The number of hydrazine groups is 1. The Morgan fingerprint density at radius 1 is 1.30 bits per heavy atom. The lowest BCUT2D eigenvalue weighted by Gasteiger charge is -2.15. The summed E-state index contributed by atoms with van der Waals surface area (Å²) in [5.74, 6) is 0. The van der Waals surface area contributed by atoms with Gasteiger partial charge in [-0.25, -0.2) is 20.2 Å². The molecule has 0 fully saturated rings. The molecule has 10 heteroatoms. The average molecular weight is 347 g/mol. The van der Waals surface area contributed by atoms with E-state index in [0.717, 1.165) is 6.07 Å². The second-order valence-corrected chi connectivity index (χ2v) is 4.70. The van der Waals surface area contributed by atoms with Gasteiger partial charge in [0, 0.05) is 18.3 Å². The van der Waals surface area contributed by atoms with E-state index in [1.54, 1.807) is 5.43 Å². The number of carboxylic acid groups (broad SMARTS) is 1. The average Bonchev–Trinajstić information content (AvgIpc) is 2.46. The first-order chi connectivity index (χ1) is 10.8. The molecule has 0 aliphatic rings. The number of hydrogen-bond acceptors (Lipinski definition) is 4. The van der Waals surface area contributed by atoms with Crippen molar-refractivity contribution in [3.8, 4) is 11.3 Å². The molecule has 3 N–H and O–H groups in total. The summed E-state index contributed by atoms with van der Waals surface area (Å²) in [5, 5.41) is 8.34. The number of hydrogen-bond donors (Lipinski definition) is 3. The first kappa shape index (κ1) is 17.0. The fourth-order valence-corrected chi connectivity index (χ4v) is 2.01. The van der Waals surface area contributed by atoms with E-state index in [-0.39, 0.29) is 28.6 Å². The molecule has 0 aliphatic heterocycles. The van der Waals surface area contributed by atoms with Crippen molar-refractivity contribution in [1.82, 2.24) is 20.8 Å². The van der Waals surface area contributed by atoms with Gasteiger partial charge in [0.25, 0.3) is 0 Å². The molecule has 1 heterocycles. The molecule has 1 aromatic heterocycles. The summed E-state index contributed by atoms with van der Waals surface area (Å²) in [6, 6.07) is 5.04. The van der Waals surface area contributed by atoms with Gasteiger partial charge in [0.2, 0.25) is 5.28 Å². The molecule has 1 amide bonds. The van der Waals surface area contributed by atoms with Crippen LogP contribution in [0.5, 0.6) is 0 Å². The van der Waals surface area contributed by atoms with Gasteiger partial charge >= 0.3 is 12.3 Å². The Balaban J connectivity index is 2.36. The van der Waals surface area contributed by atoms with Gasteiger partial charge in [0.15, 0.2) is 0 Å². The van der Waals surface area contributed by atoms with Gasteiger partial charge in [-0.1, -0.05) is 12.1 Å². The number of halogens is 4. The third-order valence-electron chi connectivity index (χ3n) is 2.81. The minimum Gasteiger partial charge on any atom is -0.464 e. The van der Waals surface area contributed by atoms with E-state index in [9.17, 15) is 18.0 Å². The van der Waals surface area contributed by atoms with E-state index >= 15 is 0 Å². The quantitative estimate of drug-likeness (QED) is 0.585. The Hall–Kier alpha value is -2.39. The second kappa shape index (κ2) is 6.80. The molecular weight excluding hydrogens is 337 g/mol. The van der Waals surface area contributed by atoms with Crippen molar-refractivity contribution in [3.05, 3.63) is 46.9 Å². The van der Waals surface area contributed by atoms with Crippen LogP contribution in [0, 0.1) is 0 Å². The monoisotopic (exact) mass is 346 g/mol. The van der Waals surface area contributed by atoms with E-state index in [2.05, 4.69) is 15.4 Å². The number of alkyl halides is 3. The number of nitrogens with zero attached hydrogens (tertiary/aromatic N) is 2. The standard InChI is InChI=1S/C13H10ClF3N4O2/c14-11-18-4-3-10(20-11)7-1-2-8(6-19-21-12(22)23)9(5-7)13(15,16)17/h1-5,19,21H,6H2,(H,22,23). The molecule has 0 bridgehead atoms. The van der Waals surface area contributed by atoms with Crippen molar-refractivity contribution >= 4 is 17.7 Å². The molecule has 6 nitrogen and oxygen atoms in total. The molecule has 0 saturated heterocycles. The lowest BCUT2D eigenvalue weighted by Crippen LogP contribution is -2.36. The number of nitrogens with one attached hydrogen (secondary N) is 2.